The quantitative estimate of drug-likeness (QED) is 0.745. The maximum absolute atomic E-state index is 8.93. The minimum absolute atomic E-state index is 0.388. The normalized spacial score (nSPS) is 17.8. The van der Waals surface area contributed by atoms with E-state index in [4.69, 9.17) is 5.26 Å². The third-order valence-corrected chi connectivity index (χ3v) is 3.51. The van der Waals surface area contributed by atoms with Crippen LogP contribution < -0.4 is 0 Å². The van der Waals surface area contributed by atoms with Gasteiger partial charge < -0.3 is 4.57 Å². The molecule has 2 heterocycles. The van der Waals surface area contributed by atoms with Crippen molar-refractivity contribution in [3.8, 4) is 6.07 Å². The Hall–Kier alpha value is -2.08. The van der Waals surface area contributed by atoms with Crippen LogP contribution in [-0.4, -0.2) is 9.55 Å². The molecular formula is C14H13N3. The predicted octanol–water partition coefficient (Wildman–Crippen LogP) is 2.60. The maximum Gasteiger partial charge on any atom is 0.0994 e. The molecular weight excluding hydrogens is 210 g/mol. The van der Waals surface area contributed by atoms with Gasteiger partial charge in [-0.25, -0.2) is 4.98 Å². The van der Waals surface area contributed by atoms with Crippen molar-refractivity contribution in [3.05, 3.63) is 53.1 Å². The molecule has 0 radical (unpaired) electrons. The first-order valence-electron chi connectivity index (χ1n) is 5.81. The van der Waals surface area contributed by atoms with Crippen LogP contribution in [0.3, 0.4) is 0 Å². The van der Waals surface area contributed by atoms with Gasteiger partial charge in [0.25, 0.3) is 0 Å². The van der Waals surface area contributed by atoms with E-state index in [0.29, 0.717) is 6.04 Å². The lowest BCUT2D eigenvalue weighted by molar-refractivity contribution is 0.615. The Balaban J connectivity index is 2.02. The van der Waals surface area contributed by atoms with Crippen LogP contribution in [0.2, 0.25) is 0 Å². The molecule has 3 heteroatoms. The second-order valence-electron chi connectivity index (χ2n) is 4.53. The third kappa shape index (κ3) is 1.53. The second kappa shape index (κ2) is 3.74. The van der Waals surface area contributed by atoms with Crippen LogP contribution in [0.4, 0.5) is 0 Å². The number of aryl methyl sites for hydroxylation is 2. The van der Waals surface area contributed by atoms with E-state index in [1.54, 1.807) is 0 Å². The molecule has 1 aliphatic rings. The zero-order chi connectivity index (χ0) is 11.8. The van der Waals surface area contributed by atoms with Gasteiger partial charge in [-0.1, -0.05) is 12.1 Å². The summed E-state index contributed by atoms with van der Waals surface area (Å²) >= 11 is 0. The molecule has 84 valence electrons. The summed E-state index contributed by atoms with van der Waals surface area (Å²) < 4.78 is 2.24. The molecule has 3 rings (SSSR count). The standard InChI is InChI=1S/C14H13N3/c1-10-6-11(2-3-12(10)7-15)14-5-4-13-8-16-9-17(13)14/h2-3,6,8-9,14H,4-5H2,1H3. The fraction of sp³-hybridized carbons (Fsp3) is 0.286. The Bertz CT molecular complexity index is 604. The largest absolute Gasteiger partial charge is 0.327 e. The van der Waals surface area contributed by atoms with Crippen LogP contribution in [-0.2, 0) is 6.42 Å². The zero-order valence-corrected chi connectivity index (χ0v) is 9.72. The first-order chi connectivity index (χ1) is 8.29. The van der Waals surface area contributed by atoms with Gasteiger partial charge in [-0.05, 0) is 37.0 Å². The minimum Gasteiger partial charge on any atom is -0.327 e. The number of benzene rings is 1. The third-order valence-electron chi connectivity index (χ3n) is 3.51. The molecule has 0 spiro atoms. The van der Waals surface area contributed by atoms with Crippen molar-refractivity contribution in [1.82, 2.24) is 9.55 Å². The van der Waals surface area contributed by atoms with E-state index in [1.165, 1.54) is 11.3 Å². The highest BCUT2D eigenvalue weighted by Gasteiger charge is 2.23. The molecule has 0 fully saturated rings. The van der Waals surface area contributed by atoms with Gasteiger partial charge in [-0.15, -0.1) is 0 Å². The topological polar surface area (TPSA) is 41.6 Å². The van der Waals surface area contributed by atoms with E-state index in [1.807, 2.05) is 25.5 Å². The van der Waals surface area contributed by atoms with Crippen LogP contribution in [0.25, 0.3) is 0 Å². The second-order valence-corrected chi connectivity index (χ2v) is 4.53. The van der Waals surface area contributed by atoms with Crippen molar-refractivity contribution in [3.63, 3.8) is 0 Å². The van der Waals surface area contributed by atoms with Gasteiger partial charge in [-0.2, -0.15) is 5.26 Å². The monoisotopic (exact) mass is 223 g/mol. The summed E-state index contributed by atoms with van der Waals surface area (Å²) in [5, 5.41) is 8.93. The summed E-state index contributed by atoms with van der Waals surface area (Å²) in [6.45, 7) is 1.99. The van der Waals surface area contributed by atoms with E-state index in [-0.39, 0.29) is 0 Å². The Labute approximate surface area is 100 Å². The van der Waals surface area contributed by atoms with Gasteiger partial charge in [0.05, 0.1) is 24.0 Å². The van der Waals surface area contributed by atoms with Gasteiger partial charge in [-0.3, -0.25) is 0 Å². The molecule has 1 aromatic carbocycles. The number of aromatic nitrogens is 2. The van der Waals surface area contributed by atoms with E-state index in [0.717, 1.165) is 24.0 Å². The van der Waals surface area contributed by atoms with Gasteiger partial charge >= 0.3 is 0 Å². The SMILES string of the molecule is Cc1cc(C2CCc3cncn32)ccc1C#N. The number of nitrogens with zero attached hydrogens (tertiary/aromatic N) is 3. The summed E-state index contributed by atoms with van der Waals surface area (Å²) in [7, 11) is 0. The fourth-order valence-electron chi connectivity index (χ4n) is 2.58. The van der Waals surface area contributed by atoms with Gasteiger partial charge in [0.1, 0.15) is 0 Å². The van der Waals surface area contributed by atoms with E-state index >= 15 is 0 Å². The number of fused-ring (bicyclic) bond motifs is 1. The average molecular weight is 223 g/mol. The molecule has 3 nitrogen and oxygen atoms in total. The molecule has 2 aromatic rings. The lowest BCUT2D eigenvalue weighted by Crippen LogP contribution is -2.04. The molecule has 0 N–H and O–H groups in total. The number of hydrogen-bond donors (Lipinski definition) is 0. The Morgan fingerprint density at radius 2 is 2.35 bits per heavy atom. The molecule has 0 saturated heterocycles. The lowest BCUT2D eigenvalue weighted by atomic mass is 9.99. The number of hydrogen-bond acceptors (Lipinski definition) is 2. The van der Waals surface area contributed by atoms with E-state index < -0.39 is 0 Å². The molecule has 0 bridgehead atoms. The summed E-state index contributed by atoms with van der Waals surface area (Å²) in [5.41, 5.74) is 4.39. The molecule has 1 aromatic heterocycles. The first kappa shape index (κ1) is 10.1. The van der Waals surface area contributed by atoms with Crippen LogP contribution >= 0.6 is 0 Å². The Morgan fingerprint density at radius 3 is 3.12 bits per heavy atom. The average Bonchev–Trinajstić information content (AvgIpc) is 2.90. The van der Waals surface area contributed by atoms with Crippen LogP contribution in [0.1, 0.15) is 34.8 Å². The van der Waals surface area contributed by atoms with Crippen molar-refractivity contribution < 1.29 is 0 Å². The van der Waals surface area contributed by atoms with E-state index in [9.17, 15) is 0 Å². The summed E-state index contributed by atoms with van der Waals surface area (Å²) in [5.74, 6) is 0. The molecule has 17 heavy (non-hydrogen) atoms. The van der Waals surface area contributed by atoms with Gasteiger partial charge in [0, 0.05) is 11.9 Å². The molecule has 1 aliphatic heterocycles. The van der Waals surface area contributed by atoms with Crippen LogP contribution in [0, 0.1) is 18.3 Å². The fourth-order valence-corrected chi connectivity index (χ4v) is 2.58. The lowest BCUT2D eigenvalue weighted by Gasteiger charge is -2.14. The minimum atomic E-state index is 0.388. The maximum atomic E-state index is 8.93. The molecule has 1 unspecified atom stereocenters. The molecule has 0 amide bonds. The van der Waals surface area contributed by atoms with Crippen molar-refractivity contribution >= 4 is 0 Å². The molecule has 0 saturated carbocycles. The predicted molar refractivity (Wildman–Crippen MR) is 64.6 cm³/mol. The van der Waals surface area contributed by atoms with Crippen LogP contribution in [0.15, 0.2) is 30.7 Å². The summed E-state index contributed by atoms with van der Waals surface area (Å²) in [4.78, 5) is 4.19. The van der Waals surface area contributed by atoms with Crippen molar-refractivity contribution in [1.29, 1.82) is 5.26 Å². The Kier molecular flexibility index (Phi) is 2.22. The number of nitriles is 1. The van der Waals surface area contributed by atoms with Gasteiger partial charge in [0.15, 0.2) is 0 Å². The molecule has 1 atom stereocenters. The first-order valence-corrected chi connectivity index (χ1v) is 5.81. The van der Waals surface area contributed by atoms with Crippen molar-refractivity contribution in [2.45, 2.75) is 25.8 Å². The van der Waals surface area contributed by atoms with Crippen molar-refractivity contribution in [2.75, 3.05) is 0 Å². The van der Waals surface area contributed by atoms with Gasteiger partial charge in [0.2, 0.25) is 0 Å². The Morgan fingerprint density at radius 1 is 1.47 bits per heavy atom. The smallest absolute Gasteiger partial charge is 0.0994 e. The highest BCUT2D eigenvalue weighted by Crippen LogP contribution is 2.31. The van der Waals surface area contributed by atoms with Crippen LogP contribution in [0.5, 0.6) is 0 Å². The number of rotatable bonds is 1. The highest BCUT2D eigenvalue weighted by atomic mass is 15.1. The molecule has 0 aliphatic carbocycles. The van der Waals surface area contributed by atoms with Crippen molar-refractivity contribution in [2.24, 2.45) is 0 Å². The van der Waals surface area contributed by atoms with E-state index in [2.05, 4.69) is 27.8 Å². The summed E-state index contributed by atoms with van der Waals surface area (Å²) in [6, 6.07) is 8.70. The number of imidazole rings is 1. The highest BCUT2D eigenvalue weighted by molar-refractivity contribution is 5.41. The zero-order valence-electron chi connectivity index (χ0n) is 9.72. The summed E-state index contributed by atoms with van der Waals surface area (Å²) in [6.07, 6.45) is 6.06.